The highest BCUT2D eigenvalue weighted by Gasteiger charge is 2.29. The molecular weight excluding hydrogens is 464 g/mol. The molecule has 4 rings (SSSR count). The van der Waals surface area contributed by atoms with Gasteiger partial charge < -0.3 is 10.1 Å². The lowest BCUT2D eigenvalue weighted by Crippen LogP contribution is -2.36. The number of aryl methyl sites for hydroxylation is 1. The van der Waals surface area contributed by atoms with Gasteiger partial charge in [0.25, 0.3) is 5.91 Å². The molecule has 180 valence electrons. The summed E-state index contributed by atoms with van der Waals surface area (Å²) in [6.45, 7) is 4.42. The van der Waals surface area contributed by atoms with E-state index in [0.29, 0.717) is 24.3 Å². The van der Waals surface area contributed by atoms with Crippen LogP contribution in [-0.2, 0) is 14.6 Å². The Morgan fingerprint density at radius 2 is 2.06 bits per heavy atom. The molecule has 3 aromatic rings. The molecule has 2 aromatic carbocycles. The van der Waals surface area contributed by atoms with Crippen molar-refractivity contribution in [2.75, 3.05) is 18.1 Å². The molecule has 2 heterocycles. The minimum Gasteiger partial charge on any atom is -0.494 e. The first-order chi connectivity index (χ1) is 16.8. The summed E-state index contributed by atoms with van der Waals surface area (Å²) in [5.41, 5.74) is 3.69. The summed E-state index contributed by atoms with van der Waals surface area (Å²) in [5.74, 6) is 0.0718. The Bertz CT molecular complexity index is 1420. The topological polar surface area (TPSA) is 114 Å². The lowest BCUT2D eigenvalue weighted by atomic mass is 10.0. The van der Waals surface area contributed by atoms with E-state index in [1.807, 2.05) is 68.4 Å². The average molecular weight is 491 g/mol. The molecule has 35 heavy (non-hydrogen) atoms. The van der Waals surface area contributed by atoms with Gasteiger partial charge in [0.1, 0.15) is 23.1 Å². The maximum absolute atomic E-state index is 12.8. The molecule has 0 radical (unpaired) electrons. The standard InChI is InChI=1S/C26H26N4O4S/c1-3-34-23-9-10-24(18(2)13-23)25-20(16-30(29-25)22-7-5-4-6-8-22)14-19(15-27)26(31)28-21-11-12-35(32,33)17-21/h4-10,13-14,16,21H,3,11-12,17H2,1-2H3,(H,28,31). The molecule has 0 saturated carbocycles. The van der Waals surface area contributed by atoms with E-state index in [1.165, 1.54) is 6.08 Å². The van der Waals surface area contributed by atoms with Crippen LogP contribution in [0.15, 0.2) is 60.3 Å². The minimum atomic E-state index is -3.16. The van der Waals surface area contributed by atoms with Gasteiger partial charge in [-0.3, -0.25) is 4.79 Å². The third kappa shape index (κ3) is 5.61. The molecule has 1 atom stereocenters. The molecule has 1 aromatic heterocycles. The van der Waals surface area contributed by atoms with Gasteiger partial charge in [0.05, 0.1) is 23.8 Å². The molecule has 1 aliphatic heterocycles. The second kappa shape index (κ2) is 10.2. The summed E-state index contributed by atoms with van der Waals surface area (Å²) in [5, 5.41) is 17.2. The van der Waals surface area contributed by atoms with Crippen LogP contribution in [0.2, 0.25) is 0 Å². The highest BCUT2D eigenvalue weighted by molar-refractivity contribution is 7.91. The Morgan fingerprint density at radius 1 is 1.29 bits per heavy atom. The number of rotatable bonds is 7. The number of nitrogens with zero attached hydrogens (tertiary/aromatic N) is 3. The van der Waals surface area contributed by atoms with Gasteiger partial charge in [0.2, 0.25) is 0 Å². The Morgan fingerprint density at radius 3 is 2.69 bits per heavy atom. The van der Waals surface area contributed by atoms with Crippen molar-refractivity contribution in [2.24, 2.45) is 0 Å². The number of hydrogen-bond acceptors (Lipinski definition) is 6. The van der Waals surface area contributed by atoms with Crippen LogP contribution in [0.25, 0.3) is 23.0 Å². The van der Waals surface area contributed by atoms with Gasteiger partial charge in [0.15, 0.2) is 9.84 Å². The highest BCUT2D eigenvalue weighted by Crippen LogP contribution is 2.31. The predicted octanol–water partition coefficient (Wildman–Crippen LogP) is 3.46. The first-order valence-corrected chi connectivity index (χ1v) is 13.1. The third-order valence-electron chi connectivity index (χ3n) is 5.76. The number of carbonyl (C=O) groups excluding carboxylic acids is 1. The van der Waals surface area contributed by atoms with Crippen LogP contribution in [0.1, 0.15) is 24.5 Å². The second-order valence-corrected chi connectivity index (χ2v) is 10.6. The number of aromatic nitrogens is 2. The molecule has 1 N–H and O–H groups in total. The highest BCUT2D eigenvalue weighted by atomic mass is 32.2. The van der Waals surface area contributed by atoms with Crippen LogP contribution in [0.4, 0.5) is 0 Å². The average Bonchev–Trinajstić information content (AvgIpc) is 3.40. The zero-order valence-corrected chi connectivity index (χ0v) is 20.4. The molecular formula is C26H26N4O4S. The first kappa shape index (κ1) is 24.2. The molecule has 1 amide bonds. The quantitative estimate of drug-likeness (QED) is 0.401. The predicted molar refractivity (Wildman–Crippen MR) is 134 cm³/mol. The van der Waals surface area contributed by atoms with E-state index in [4.69, 9.17) is 9.84 Å². The fraction of sp³-hybridized carbons (Fsp3) is 0.269. The number of ether oxygens (including phenoxy) is 1. The Labute approximate surface area is 204 Å². The van der Waals surface area contributed by atoms with Gasteiger partial charge >= 0.3 is 0 Å². The summed E-state index contributed by atoms with van der Waals surface area (Å²) in [7, 11) is -3.16. The summed E-state index contributed by atoms with van der Waals surface area (Å²) in [4.78, 5) is 12.8. The zero-order valence-electron chi connectivity index (χ0n) is 19.6. The van der Waals surface area contributed by atoms with Gasteiger partial charge in [-0.2, -0.15) is 10.4 Å². The molecule has 0 aliphatic carbocycles. The summed E-state index contributed by atoms with van der Waals surface area (Å²) in [6, 6.07) is 16.7. The summed E-state index contributed by atoms with van der Waals surface area (Å²) >= 11 is 0. The normalized spacial score (nSPS) is 17.1. The van der Waals surface area contributed by atoms with Crippen molar-refractivity contribution < 1.29 is 17.9 Å². The summed E-state index contributed by atoms with van der Waals surface area (Å²) in [6.07, 6.45) is 3.61. The molecule has 1 saturated heterocycles. The van der Waals surface area contributed by atoms with Crippen molar-refractivity contribution >= 4 is 21.8 Å². The SMILES string of the molecule is CCOc1ccc(-c2nn(-c3ccccc3)cc2C=C(C#N)C(=O)NC2CCS(=O)(=O)C2)c(C)c1. The van der Waals surface area contributed by atoms with Gasteiger partial charge in [-0.25, -0.2) is 13.1 Å². The largest absolute Gasteiger partial charge is 0.494 e. The Balaban J connectivity index is 1.74. The number of sulfone groups is 1. The fourth-order valence-electron chi connectivity index (χ4n) is 4.05. The number of nitrogens with one attached hydrogen (secondary N) is 1. The molecule has 1 fully saturated rings. The van der Waals surface area contributed by atoms with Gasteiger partial charge in [0, 0.05) is 23.4 Å². The monoisotopic (exact) mass is 490 g/mol. The van der Waals surface area contributed by atoms with Crippen LogP contribution in [0.3, 0.4) is 0 Å². The minimum absolute atomic E-state index is 0.0363. The van der Waals surface area contributed by atoms with E-state index in [1.54, 1.807) is 10.9 Å². The lowest BCUT2D eigenvalue weighted by molar-refractivity contribution is -0.117. The molecule has 0 bridgehead atoms. The smallest absolute Gasteiger partial charge is 0.262 e. The molecule has 1 unspecified atom stereocenters. The first-order valence-electron chi connectivity index (χ1n) is 11.3. The number of nitriles is 1. The van der Waals surface area contributed by atoms with Crippen molar-refractivity contribution in [2.45, 2.75) is 26.3 Å². The van der Waals surface area contributed by atoms with Gasteiger partial charge in [-0.05, 0) is 62.2 Å². The van der Waals surface area contributed by atoms with Crippen LogP contribution < -0.4 is 10.1 Å². The van der Waals surface area contributed by atoms with Crippen molar-refractivity contribution in [3.8, 4) is 28.8 Å². The molecule has 8 nitrogen and oxygen atoms in total. The van der Waals surface area contributed by atoms with Gasteiger partial charge in [-0.15, -0.1) is 0 Å². The van der Waals surface area contributed by atoms with E-state index < -0.39 is 21.8 Å². The maximum Gasteiger partial charge on any atom is 0.262 e. The lowest BCUT2D eigenvalue weighted by Gasteiger charge is -2.10. The van der Waals surface area contributed by atoms with E-state index in [9.17, 15) is 18.5 Å². The molecule has 0 spiro atoms. The van der Waals surface area contributed by atoms with Crippen molar-refractivity contribution in [1.82, 2.24) is 15.1 Å². The number of hydrogen-bond donors (Lipinski definition) is 1. The van der Waals surface area contributed by atoms with Crippen molar-refractivity contribution in [3.63, 3.8) is 0 Å². The molecule has 9 heteroatoms. The molecule has 1 aliphatic rings. The number of benzene rings is 2. The third-order valence-corrected chi connectivity index (χ3v) is 7.53. The van der Waals surface area contributed by atoms with Crippen LogP contribution in [-0.4, -0.2) is 48.3 Å². The van der Waals surface area contributed by atoms with Crippen LogP contribution in [0.5, 0.6) is 5.75 Å². The zero-order chi connectivity index (χ0) is 25.0. The fourth-order valence-corrected chi connectivity index (χ4v) is 5.72. The van der Waals surface area contributed by atoms with E-state index >= 15 is 0 Å². The Hall–Kier alpha value is -3.90. The maximum atomic E-state index is 12.8. The second-order valence-electron chi connectivity index (χ2n) is 8.37. The number of para-hydroxylation sites is 1. The Kier molecular flexibility index (Phi) is 7.03. The van der Waals surface area contributed by atoms with Crippen LogP contribution >= 0.6 is 0 Å². The van der Waals surface area contributed by atoms with Crippen LogP contribution in [0, 0.1) is 18.3 Å². The van der Waals surface area contributed by atoms with E-state index in [0.717, 1.165) is 22.6 Å². The van der Waals surface area contributed by atoms with Gasteiger partial charge in [-0.1, -0.05) is 18.2 Å². The number of amides is 1. The summed E-state index contributed by atoms with van der Waals surface area (Å²) < 4.78 is 30.8. The van der Waals surface area contributed by atoms with Crippen molar-refractivity contribution in [1.29, 1.82) is 5.26 Å². The van der Waals surface area contributed by atoms with Crippen molar-refractivity contribution in [3.05, 3.63) is 71.4 Å². The number of carbonyl (C=O) groups is 1. The van der Waals surface area contributed by atoms with E-state index in [2.05, 4.69) is 5.32 Å². The van der Waals surface area contributed by atoms with E-state index in [-0.39, 0.29) is 17.1 Å².